The Bertz CT molecular complexity index is 345. The van der Waals surface area contributed by atoms with E-state index in [4.69, 9.17) is 0 Å². The van der Waals surface area contributed by atoms with Crippen molar-refractivity contribution in [2.45, 2.75) is 135 Å². The minimum absolute atomic E-state index is 0.203. The predicted octanol–water partition coefficient (Wildman–Crippen LogP) is 7.19. The number of nitrogens with zero attached hydrogens (tertiary/aromatic N) is 1. The molecule has 1 fully saturated rings. The first kappa shape index (κ1) is 24.5. The highest BCUT2D eigenvalue weighted by atomic mass is 16.4. The molecule has 0 radical (unpaired) electrons. The summed E-state index contributed by atoms with van der Waals surface area (Å²) in [4.78, 5) is 13.3. The van der Waals surface area contributed by atoms with Gasteiger partial charge in [0.1, 0.15) is 6.04 Å². The first-order valence-electron chi connectivity index (χ1n) is 12.2. The van der Waals surface area contributed by atoms with E-state index in [0.717, 1.165) is 25.9 Å². The number of carbonyl (C=O) groups is 1. The van der Waals surface area contributed by atoms with Gasteiger partial charge in [-0.15, -0.1) is 0 Å². The third-order valence-electron chi connectivity index (χ3n) is 6.20. The van der Waals surface area contributed by atoms with Crippen LogP contribution in [0.3, 0.4) is 0 Å². The molecule has 1 saturated heterocycles. The molecule has 1 aliphatic rings. The fraction of sp³-hybridized carbons (Fsp3) is 0.958. The topological polar surface area (TPSA) is 40.5 Å². The van der Waals surface area contributed by atoms with Crippen LogP contribution in [0.25, 0.3) is 0 Å². The highest BCUT2D eigenvalue weighted by molar-refractivity contribution is 5.73. The second kappa shape index (κ2) is 17.5. The molecule has 0 aliphatic carbocycles. The van der Waals surface area contributed by atoms with Gasteiger partial charge in [0.15, 0.2) is 0 Å². The monoisotopic (exact) mass is 381 g/mol. The lowest BCUT2D eigenvalue weighted by Crippen LogP contribution is -2.36. The van der Waals surface area contributed by atoms with E-state index in [1.54, 1.807) is 0 Å². The molecule has 160 valence electrons. The third-order valence-corrected chi connectivity index (χ3v) is 6.20. The van der Waals surface area contributed by atoms with Crippen LogP contribution in [-0.2, 0) is 4.79 Å². The summed E-state index contributed by atoms with van der Waals surface area (Å²) in [6.07, 6.45) is 25.6. The summed E-state index contributed by atoms with van der Waals surface area (Å²) < 4.78 is 0. The Morgan fingerprint density at radius 2 is 1.15 bits per heavy atom. The van der Waals surface area contributed by atoms with Crippen LogP contribution in [0.15, 0.2) is 0 Å². The summed E-state index contributed by atoms with van der Waals surface area (Å²) in [5.74, 6) is -0.625. The van der Waals surface area contributed by atoms with Crippen LogP contribution >= 0.6 is 0 Å². The quantitative estimate of drug-likeness (QED) is 0.241. The molecule has 0 aromatic rings. The molecule has 1 rings (SSSR count). The van der Waals surface area contributed by atoms with Gasteiger partial charge in [-0.1, -0.05) is 110 Å². The lowest BCUT2D eigenvalue weighted by atomic mass is 10.0. The molecular weight excluding hydrogens is 334 g/mol. The van der Waals surface area contributed by atoms with E-state index in [1.165, 1.54) is 109 Å². The lowest BCUT2D eigenvalue weighted by molar-refractivity contribution is -0.142. The second-order valence-corrected chi connectivity index (χ2v) is 8.69. The molecule has 3 heteroatoms. The molecule has 0 amide bonds. The summed E-state index contributed by atoms with van der Waals surface area (Å²) in [6.45, 7) is 4.25. The molecule has 0 saturated carbocycles. The van der Waals surface area contributed by atoms with Gasteiger partial charge in [0, 0.05) is 0 Å². The zero-order chi connectivity index (χ0) is 19.6. The standard InChI is InChI=1S/C24H47NO2/c1-2-3-4-5-6-7-8-9-10-11-12-13-14-15-16-17-18-21-25-22-19-20-23(25)24(26)27/h23H,2-22H2,1H3,(H,26,27)/t23-/m0/s1. The lowest BCUT2D eigenvalue weighted by Gasteiger charge is -2.20. The molecule has 1 aliphatic heterocycles. The molecule has 1 N–H and O–H groups in total. The Kier molecular flexibility index (Phi) is 15.9. The minimum atomic E-state index is -0.625. The predicted molar refractivity (Wildman–Crippen MR) is 116 cm³/mol. The largest absolute Gasteiger partial charge is 0.480 e. The average Bonchev–Trinajstić information content (AvgIpc) is 3.13. The maximum atomic E-state index is 11.2. The molecular formula is C24H47NO2. The SMILES string of the molecule is CCCCCCCCCCCCCCCCCCCN1CCC[C@H]1C(=O)O. The van der Waals surface area contributed by atoms with Gasteiger partial charge >= 0.3 is 5.97 Å². The zero-order valence-electron chi connectivity index (χ0n) is 18.2. The van der Waals surface area contributed by atoms with Gasteiger partial charge in [0.2, 0.25) is 0 Å². The normalized spacial score (nSPS) is 17.6. The molecule has 0 unspecified atom stereocenters. The third kappa shape index (κ3) is 13.3. The smallest absolute Gasteiger partial charge is 0.320 e. The molecule has 3 nitrogen and oxygen atoms in total. The first-order chi connectivity index (χ1) is 13.3. The number of likely N-dealkylation sites (tertiary alicyclic amines) is 1. The van der Waals surface area contributed by atoms with Gasteiger partial charge in [-0.3, -0.25) is 9.69 Å². The van der Waals surface area contributed by atoms with Crippen molar-refractivity contribution in [3.63, 3.8) is 0 Å². The van der Waals surface area contributed by atoms with E-state index in [1.807, 2.05) is 0 Å². The van der Waals surface area contributed by atoms with E-state index >= 15 is 0 Å². The number of hydrogen-bond donors (Lipinski definition) is 1. The average molecular weight is 382 g/mol. The van der Waals surface area contributed by atoms with Crippen molar-refractivity contribution in [1.29, 1.82) is 0 Å². The van der Waals surface area contributed by atoms with Crippen LogP contribution in [0.5, 0.6) is 0 Å². The fourth-order valence-electron chi connectivity index (χ4n) is 4.41. The maximum Gasteiger partial charge on any atom is 0.320 e. The number of unbranched alkanes of at least 4 members (excludes halogenated alkanes) is 16. The van der Waals surface area contributed by atoms with Crippen molar-refractivity contribution in [3.8, 4) is 0 Å². The Labute approximate surface area is 169 Å². The van der Waals surface area contributed by atoms with Crippen molar-refractivity contribution in [2.75, 3.05) is 13.1 Å². The number of aliphatic carboxylic acids is 1. The number of carboxylic acid groups (broad SMARTS) is 1. The van der Waals surface area contributed by atoms with Crippen LogP contribution < -0.4 is 0 Å². The van der Waals surface area contributed by atoms with Gasteiger partial charge < -0.3 is 5.11 Å². The fourth-order valence-corrected chi connectivity index (χ4v) is 4.41. The Morgan fingerprint density at radius 1 is 0.741 bits per heavy atom. The number of rotatable bonds is 19. The maximum absolute atomic E-state index is 11.2. The van der Waals surface area contributed by atoms with E-state index in [-0.39, 0.29) is 6.04 Å². The summed E-state index contributed by atoms with van der Waals surface area (Å²) in [5, 5.41) is 9.19. The van der Waals surface area contributed by atoms with Crippen molar-refractivity contribution in [3.05, 3.63) is 0 Å². The molecule has 1 atom stereocenters. The van der Waals surface area contributed by atoms with E-state index in [0.29, 0.717) is 0 Å². The summed E-state index contributed by atoms with van der Waals surface area (Å²) in [6, 6.07) is -0.203. The van der Waals surface area contributed by atoms with Crippen molar-refractivity contribution >= 4 is 5.97 Å². The highest BCUT2D eigenvalue weighted by Gasteiger charge is 2.29. The van der Waals surface area contributed by atoms with Crippen LogP contribution in [0.4, 0.5) is 0 Å². The molecule has 0 bridgehead atoms. The first-order valence-corrected chi connectivity index (χ1v) is 12.2. The molecule has 1 heterocycles. The second-order valence-electron chi connectivity index (χ2n) is 8.69. The minimum Gasteiger partial charge on any atom is -0.480 e. The van der Waals surface area contributed by atoms with Gasteiger partial charge in [0.25, 0.3) is 0 Å². The summed E-state index contributed by atoms with van der Waals surface area (Å²) >= 11 is 0. The van der Waals surface area contributed by atoms with Crippen LogP contribution in [0.1, 0.15) is 129 Å². The Hall–Kier alpha value is -0.570. The van der Waals surface area contributed by atoms with Crippen molar-refractivity contribution in [1.82, 2.24) is 4.90 Å². The number of carboxylic acids is 1. The van der Waals surface area contributed by atoms with Gasteiger partial charge in [-0.25, -0.2) is 0 Å². The summed E-state index contributed by atoms with van der Waals surface area (Å²) in [5.41, 5.74) is 0. The molecule has 0 aromatic carbocycles. The Balaban J connectivity index is 1.74. The van der Waals surface area contributed by atoms with Crippen LogP contribution in [0.2, 0.25) is 0 Å². The summed E-state index contributed by atoms with van der Waals surface area (Å²) in [7, 11) is 0. The van der Waals surface area contributed by atoms with Gasteiger partial charge in [-0.05, 0) is 32.4 Å². The van der Waals surface area contributed by atoms with Crippen LogP contribution in [0, 0.1) is 0 Å². The zero-order valence-corrected chi connectivity index (χ0v) is 18.2. The number of hydrogen-bond acceptors (Lipinski definition) is 2. The molecule has 0 spiro atoms. The van der Waals surface area contributed by atoms with Crippen molar-refractivity contribution in [2.24, 2.45) is 0 Å². The molecule has 0 aromatic heterocycles. The van der Waals surface area contributed by atoms with Crippen LogP contribution in [-0.4, -0.2) is 35.1 Å². The highest BCUT2D eigenvalue weighted by Crippen LogP contribution is 2.19. The van der Waals surface area contributed by atoms with E-state index < -0.39 is 5.97 Å². The van der Waals surface area contributed by atoms with E-state index in [2.05, 4.69) is 11.8 Å². The van der Waals surface area contributed by atoms with Gasteiger partial charge in [-0.2, -0.15) is 0 Å². The van der Waals surface area contributed by atoms with Crippen molar-refractivity contribution < 1.29 is 9.90 Å². The van der Waals surface area contributed by atoms with E-state index in [9.17, 15) is 9.90 Å². The Morgan fingerprint density at radius 3 is 1.56 bits per heavy atom. The molecule has 27 heavy (non-hydrogen) atoms. The van der Waals surface area contributed by atoms with Gasteiger partial charge in [0.05, 0.1) is 0 Å².